The number of carbonyl (C=O) groups excluding carboxylic acids is 2. The summed E-state index contributed by atoms with van der Waals surface area (Å²) in [5.74, 6) is -1.72. The molecule has 0 radical (unpaired) electrons. The molecule has 1 spiro atoms. The Morgan fingerprint density at radius 2 is 2.00 bits per heavy atom. The number of carbonyl (C=O) groups is 2. The highest BCUT2D eigenvalue weighted by molar-refractivity contribution is 6.08. The molecule has 3 unspecified atom stereocenters. The molecule has 9 nitrogen and oxygen atoms in total. The Morgan fingerprint density at radius 3 is 2.74 bits per heavy atom. The molecule has 1 aromatic carbocycles. The van der Waals surface area contributed by atoms with Crippen LogP contribution >= 0.6 is 0 Å². The van der Waals surface area contributed by atoms with E-state index in [0.29, 0.717) is 18.6 Å². The lowest BCUT2D eigenvalue weighted by Crippen LogP contribution is -2.57. The number of aliphatic hydroxyl groups is 1. The number of oxime groups is 1. The van der Waals surface area contributed by atoms with Crippen molar-refractivity contribution < 1.29 is 29.2 Å². The van der Waals surface area contributed by atoms with E-state index < -0.39 is 39.5 Å². The number of nitro groups is 1. The first-order valence-electron chi connectivity index (χ1n) is 10.3. The van der Waals surface area contributed by atoms with Crippen molar-refractivity contribution in [1.29, 1.82) is 0 Å². The number of allylic oxidation sites excluding steroid dienone is 1. The standard InChI is InChI=1S/C22H22N2O7/c1-12-7-8-14-18(20(2)17(25)9-10-22(12,20)27)30-19(26)21(14)11-15(23-31-21)13-5-3-4-6-16(13)24(28)29/h3-6,9-10,12,14,18,27H,7-8,11H2,1-2H3/t12-,14?,18?,20-,21?,22+/m0/s1. The smallest absolute Gasteiger partial charge is 0.354 e. The number of ether oxygens (including phenoxy) is 1. The molecule has 0 aromatic heterocycles. The summed E-state index contributed by atoms with van der Waals surface area (Å²) in [6.45, 7) is 3.52. The van der Waals surface area contributed by atoms with E-state index in [1.165, 1.54) is 18.2 Å². The van der Waals surface area contributed by atoms with Crippen LogP contribution in [0.25, 0.3) is 0 Å². The Balaban J connectivity index is 1.54. The van der Waals surface area contributed by atoms with Crippen molar-refractivity contribution in [2.75, 3.05) is 0 Å². The number of para-hydroxylation sites is 1. The molecule has 1 aromatic rings. The first-order valence-corrected chi connectivity index (χ1v) is 10.3. The quantitative estimate of drug-likeness (QED) is 0.436. The summed E-state index contributed by atoms with van der Waals surface area (Å²) in [4.78, 5) is 42.7. The van der Waals surface area contributed by atoms with E-state index in [1.807, 2.05) is 6.92 Å². The maximum Gasteiger partial charge on any atom is 0.354 e. The van der Waals surface area contributed by atoms with Crippen LogP contribution in [0, 0.1) is 27.4 Å². The molecule has 1 saturated heterocycles. The van der Waals surface area contributed by atoms with Gasteiger partial charge in [-0.1, -0.05) is 24.2 Å². The number of esters is 1. The predicted molar refractivity (Wildman–Crippen MR) is 107 cm³/mol. The van der Waals surface area contributed by atoms with Crippen molar-refractivity contribution in [3.63, 3.8) is 0 Å². The number of hydrogen-bond donors (Lipinski definition) is 1. The molecule has 9 heteroatoms. The lowest BCUT2D eigenvalue weighted by Gasteiger charge is -2.43. The topological polar surface area (TPSA) is 128 Å². The van der Waals surface area contributed by atoms with Crippen molar-refractivity contribution >= 4 is 23.2 Å². The van der Waals surface area contributed by atoms with Gasteiger partial charge in [0.1, 0.15) is 17.1 Å². The lowest BCUT2D eigenvalue weighted by molar-refractivity contribution is -0.385. The minimum absolute atomic E-state index is 0.00234. The van der Waals surface area contributed by atoms with Gasteiger partial charge in [0.15, 0.2) is 5.78 Å². The number of nitro benzene ring substituents is 1. The monoisotopic (exact) mass is 426 g/mol. The van der Waals surface area contributed by atoms with Crippen molar-refractivity contribution in [3.8, 4) is 0 Å². The summed E-state index contributed by atoms with van der Waals surface area (Å²) in [6, 6.07) is 6.15. The van der Waals surface area contributed by atoms with Gasteiger partial charge in [-0.2, -0.15) is 0 Å². The van der Waals surface area contributed by atoms with Gasteiger partial charge >= 0.3 is 5.97 Å². The van der Waals surface area contributed by atoms with E-state index >= 15 is 0 Å². The van der Waals surface area contributed by atoms with Crippen LogP contribution in [0.4, 0.5) is 5.69 Å². The van der Waals surface area contributed by atoms with Gasteiger partial charge in [0.2, 0.25) is 5.60 Å². The minimum atomic E-state index is -1.47. The third-order valence-corrected chi connectivity index (χ3v) is 7.77. The molecule has 0 amide bonds. The maximum absolute atomic E-state index is 13.1. The molecule has 2 heterocycles. The highest BCUT2D eigenvalue weighted by Crippen LogP contribution is 2.59. The molecule has 4 aliphatic rings. The molecule has 31 heavy (non-hydrogen) atoms. The Morgan fingerprint density at radius 1 is 1.26 bits per heavy atom. The molecule has 1 N–H and O–H groups in total. The largest absolute Gasteiger partial charge is 0.458 e. The van der Waals surface area contributed by atoms with Crippen LogP contribution in [0.3, 0.4) is 0 Å². The lowest BCUT2D eigenvalue weighted by atomic mass is 9.63. The van der Waals surface area contributed by atoms with Crippen molar-refractivity contribution in [2.45, 2.75) is 50.4 Å². The molecule has 162 valence electrons. The van der Waals surface area contributed by atoms with Crippen molar-refractivity contribution in [2.24, 2.45) is 22.4 Å². The van der Waals surface area contributed by atoms with Crippen molar-refractivity contribution in [3.05, 3.63) is 52.1 Å². The van der Waals surface area contributed by atoms with Crippen LogP contribution in [-0.2, 0) is 19.2 Å². The Bertz CT molecular complexity index is 1080. The molecule has 2 aliphatic heterocycles. The molecule has 0 bridgehead atoms. The molecular formula is C22H22N2O7. The summed E-state index contributed by atoms with van der Waals surface area (Å²) in [6.07, 6.45) is 3.03. The fourth-order valence-corrected chi connectivity index (χ4v) is 5.82. The van der Waals surface area contributed by atoms with Crippen molar-refractivity contribution in [1.82, 2.24) is 0 Å². The van der Waals surface area contributed by atoms with Gasteiger partial charge < -0.3 is 14.7 Å². The summed E-state index contributed by atoms with van der Waals surface area (Å²) < 4.78 is 5.75. The Kier molecular flexibility index (Phi) is 3.99. The van der Waals surface area contributed by atoms with Crippen LogP contribution in [-0.4, -0.2) is 44.8 Å². The molecular weight excluding hydrogens is 404 g/mol. The summed E-state index contributed by atoms with van der Waals surface area (Å²) in [7, 11) is 0. The Labute approximate surface area is 177 Å². The van der Waals surface area contributed by atoms with Gasteiger partial charge in [0.05, 0.1) is 22.1 Å². The average Bonchev–Trinajstić information content (AvgIpc) is 3.37. The average molecular weight is 426 g/mol. The number of ketones is 1. The first kappa shape index (κ1) is 19.9. The second-order valence-corrected chi connectivity index (χ2v) is 9.11. The van der Waals surface area contributed by atoms with Gasteiger partial charge in [-0.25, -0.2) is 4.79 Å². The number of benzene rings is 1. The molecule has 5 rings (SSSR count). The van der Waals surface area contributed by atoms with Gasteiger partial charge in [0, 0.05) is 12.5 Å². The van der Waals surface area contributed by atoms with Gasteiger partial charge in [-0.15, -0.1) is 0 Å². The van der Waals surface area contributed by atoms with E-state index in [9.17, 15) is 24.8 Å². The zero-order valence-corrected chi connectivity index (χ0v) is 17.1. The first-order chi connectivity index (χ1) is 14.6. The number of rotatable bonds is 2. The summed E-state index contributed by atoms with van der Waals surface area (Å²) in [5, 5.41) is 27.0. The third kappa shape index (κ3) is 2.32. The summed E-state index contributed by atoms with van der Waals surface area (Å²) >= 11 is 0. The zero-order chi connectivity index (χ0) is 22.2. The van der Waals surface area contributed by atoms with E-state index in [1.54, 1.807) is 25.1 Å². The van der Waals surface area contributed by atoms with Gasteiger partial charge in [-0.3, -0.25) is 14.9 Å². The summed E-state index contributed by atoms with van der Waals surface area (Å²) in [5.41, 5.74) is -3.80. The van der Waals surface area contributed by atoms with Crippen LogP contribution in [0.15, 0.2) is 41.6 Å². The second kappa shape index (κ2) is 6.23. The molecule has 2 fully saturated rings. The maximum atomic E-state index is 13.1. The van der Waals surface area contributed by atoms with E-state index in [2.05, 4.69) is 5.16 Å². The highest BCUT2D eigenvalue weighted by atomic mass is 16.7. The normalized spacial score (nSPS) is 40.7. The fourth-order valence-electron chi connectivity index (χ4n) is 5.82. The number of fused-ring (bicyclic) bond motifs is 4. The molecule has 1 saturated carbocycles. The Hall–Kier alpha value is -3.07. The van der Waals surface area contributed by atoms with Crippen LogP contribution in [0.2, 0.25) is 0 Å². The molecule has 2 aliphatic carbocycles. The van der Waals surface area contributed by atoms with Crippen LogP contribution in [0.1, 0.15) is 38.7 Å². The second-order valence-electron chi connectivity index (χ2n) is 9.11. The zero-order valence-electron chi connectivity index (χ0n) is 17.1. The predicted octanol–water partition coefficient (Wildman–Crippen LogP) is 2.31. The van der Waals surface area contributed by atoms with Gasteiger partial charge in [-0.05, 0) is 43.9 Å². The minimum Gasteiger partial charge on any atom is -0.458 e. The number of nitrogens with zero attached hydrogens (tertiary/aromatic N) is 2. The van der Waals surface area contributed by atoms with E-state index in [0.717, 1.165) is 0 Å². The third-order valence-electron chi connectivity index (χ3n) is 7.77. The van der Waals surface area contributed by atoms with Crippen LogP contribution in [0.5, 0.6) is 0 Å². The number of hydrogen-bond acceptors (Lipinski definition) is 8. The van der Waals surface area contributed by atoms with Crippen LogP contribution < -0.4 is 0 Å². The fraction of sp³-hybridized carbons (Fsp3) is 0.500. The molecule has 6 atom stereocenters. The SMILES string of the molecule is C[C@H]1CCC2C(OC(=O)C23CC(c2ccccc2[N+](=O)[O-])=NO3)[C@]2(C)C(=O)C=C[C@@]12O. The highest BCUT2D eigenvalue weighted by Gasteiger charge is 2.73. The van der Waals surface area contributed by atoms with E-state index in [-0.39, 0.29) is 29.4 Å². The van der Waals surface area contributed by atoms with Gasteiger partial charge in [0.25, 0.3) is 5.69 Å². The van der Waals surface area contributed by atoms with E-state index in [4.69, 9.17) is 9.57 Å².